The van der Waals surface area contributed by atoms with Crippen molar-refractivity contribution in [3.63, 3.8) is 0 Å². The molecule has 0 N–H and O–H groups in total. The molecule has 376 valence electrons. The zero-order valence-corrected chi connectivity index (χ0v) is 50.9. The molecule has 0 atom stereocenters. The molecular formula is C62H68O2S8. The summed E-state index contributed by atoms with van der Waals surface area (Å²) in [6.45, 7) is 32.1. The first kappa shape index (κ1) is 52.1. The molecule has 10 rings (SSSR count). The molecule has 8 heterocycles. The van der Waals surface area contributed by atoms with Crippen LogP contribution >= 0.6 is 90.7 Å². The first-order valence-corrected chi connectivity index (χ1v) is 32.5. The average Bonchev–Trinajstić information content (AvgIpc) is 4.16. The maximum Gasteiger partial charge on any atom is 0.197 e. The Kier molecular flexibility index (Phi) is 14.5. The first-order chi connectivity index (χ1) is 34.2. The summed E-state index contributed by atoms with van der Waals surface area (Å²) < 4.78 is 2.74. The Morgan fingerprint density at radius 2 is 0.833 bits per heavy atom. The van der Waals surface area contributed by atoms with Crippen molar-refractivity contribution in [3.8, 4) is 50.1 Å². The predicted octanol–water partition coefficient (Wildman–Crippen LogP) is 21.8. The van der Waals surface area contributed by atoms with E-state index in [0.717, 1.165) is 67.8 Å². The Bertz CT molecular complexity index is 3410. The molecule has 1 aliphatic rings. The molecule has 10 heteroatoms. The third-order valence-electron chi connectivity index (χ3n) is 14.6. The van der Waals surface area contributed by atoms with E-state index in [1.54, 1.807) is 45.3 Å². The number of carbonyl (C=O) groups excluding carboxylic acids is 2. The van der Waals surface area contributed by atoms with Gasteiger partial charge in [-0.05, 0) is 134 Å². The molecular weight excluding hydrogens is 1030 g/mol. The Hall–Kier alpha value is -3.32. The highest BCUT2D eigenvalue weighted by atomic mass is 32.1. The number of rotatable bonds is 17. The summed E-state index contributed by atoms with van der Waals surface area (Å²) in [5.41, 5.74) is 5.39. The molecule has 1 aromatic carbocycles. The monoisotopic (exact) mass is 1100 g/mol. The van der Waals surface area contributed by atoms with Gasteiger partial charge in [0.2, 0.25) is 0 Å². The second-order valence-corrected chi connectivity index (χ2v) is 31.9. The molecule has 0 spiro atoms. The van der Waals surface area contributed by atoms with Gasteiger partial charge in [-0.25, -0.2) is 0 Å². The van der Waals surface area contributed by atoms with Crippen LogP contribution in [0.1, 0.15) is 171 Å². The van der Waals surface area contributed by atoms with Crippen molar-refractivity contribution in [1.82, 2.24) is 0 Å². The van der Waals surface area contributed by atoms with Crippen LogP contribution in [0.25, 0.3) is 70.3 Å². The molecule has 0 bridgehead atoms. The Labute approximate surface area is 460 Å². The number of carbonyl (C=O) groups is 2. The van der Waals surface area contributed by atoms with Crippen LogP contribution in [0.5, 0.6) is 0 Å². The Morgan fingerprint density at radius 1 is 0.389 bits per heavy atom. The van der Waals surface area contributed by atoms with Crippen molar-refractivity contribution in [2.24, 2.45) is 23.7 Å². The van der Waals surface area contributed by atoms with Gasteiger partial charge in [0.1, 0.15) is 0 Å². The lowest BCUT2D eigenvalue weighted by Crippen LogP contribution is -2.21. The molecule has 8 aromatic heterocycles. The van der Waals surface area contributed by atoms with Crippen LogP contribution in [0.2, 0.25) is 0 Å². The van der Waals surface area contributed by atoms with Crippen LogP contribution in [-0.2, 0) is 36.5 Å². The minimum atomic E-state index is 0.00942. The van der Waals surface area contributed by atoms with Gasteiger partial charge in [-0.1, -0.05) is 96.9 Å². The van der Waals surface area contributed by atoms with Crippen LogP contribution in [-0.4, -0.2) is 11.6 Å². The van der Waals surface area contributed by atoms with Crippen LogP contribution in [0.4, 0.5) is 0 Å². The molecule has 0 radical (unpaired) electrons. The quantitative estimate of drug-likeness (QED) is 0.0911. The lowest BCUT2D eigenvalue weighted by molar-refractivity contribution is 0.0980. The standard InChI is InChI=1S/C62H68O2S8/c1-15-61(11,12)47-24-23-43(69-47)60-54-53(55(63)51-45(27-33(7)8)68-46(28-34(9)10)52(51)56(54)64)59(72-60)42-22-21-39(67-42)44-29-37-49(40-19-17-35(65-40)25-31(3)4)58-38(30-48(71-58)62(13,14)16-2)50(57(37)70-44)41-20-18-36(66-41)26-32(5)6/h17-24,29-34H,15-16,25-28H2,1-14H3. The van der Waals surface area contributed by atoms with Gasteiger partial charge in [-0.15, -0.1) is 90.7 Å². The molecule has 0 amide bonds. The summed E-state index contributed by atoms with van der Waals surface area (Å²) in [4.78, 5) is 47.8. The molecule has 72 heavy (non-hydrogen) atoms. The second-order valence-electron chi connectivity index (χ2n) is 23.1. The first-order valence-electron chi connectivity index (χ1n) is 26.0. The zero-order valence-electron chi connectivity index (χ0n) is 44.4. The maximum absolute atomic E-state index is 15.5. The van der Waals surface area contributed by atoms with E-state index in [9.17, 15) is 0 Å². The molecule has 2 nitrogen and oxygen atoms in total. The van der Waals surface area contributed by atoms with Crippen LogP contribution in [0, 0.1) is 23.7 Å². The SMILES string of the molecule is CCC(C)(C)c1ccc(-c2sc(-c3ccc(-c4cc5c(-c6ccc(CC(C)C)s6)c6sc(C(C)(C)CC)cc6c(-c6ccc(CC(C)C)s6)c5s4)s3)c3c2C(=O)c2c(CC(C)C)sc(CC(C)C)c2C3=O)s1. The van der Waals surface area contributed by atoms with E-state index in [0.29, 0.717) is 45.9 Å². The third kappa shape index (κ3) is 9.43. The Balaban J connectivity index is 1.19. The molecule has 9 aromatic rings. The molecule has 0 saturated heterocycles. The smallest absolute Gasteiger partial charge is 0.197 e. The number of thiophene rings is 8. The average molecular weight is 1100 g/mol. The molecule has 0 aliphatic heterocycles. The van der Waals surface area contributed by atoms with Gasteiger partial charge in [-0.2, -0.15) is 0 Å². The summed E-state index contributed by atoms with van der Waals surface area (Å²) in [5.74, 6) is 1.96. The maximum atomic E-state index is 15.5. The van der Waals surface area contributed by atoms with Gasteiger partial charge >= 0.3 is 0 Å². The highest BCUT2D eigenvalue weighted by Gasteiger charge is 2.42. The number of hydrogen-bond acceptors (Lipinski definition) is 10. The minimum Gasteiger partial charge on any atom is -0.288 e. The van der Waals surface area contributed by atoms with Crippen molar-refractivity contribution >= 4 is 122 Å². The van der Waals surface area contributed by atoms with Gasteiger partial charge in [0, 0.05) is 101 Å². The predicted molar refractivity (Wildman–Crippen MR) is 326 cm³/mol. The van der Waals surface area contributed by atoms with E-state index in [1.807, 2.05) is 45.3 Å². The van der Waals surface area contributed by atoms with Gasteiger partial charge in [0.15, 0.2) is 11.6 Å². The van der Waals surface area contributed by atoms with E-state index in [-0.39, 0.29) is 22.4 Å². The molecule has 0 fully saturated rings. The largest absolute Gasteiger partial charge is 0.288 e. The van der Waals surface area contributed by atoms with Crippen molar-refractivity contribution < 1.29 is 9.59 Å². The van der Waals surface area contributed by atoms with Crippen LogP contribution in [0.15, 0.2) is 60.7 Å². The third-order valence-corrected chi connectivity index (χ3v) is 25.0. The minimum absolute atomic E-state index is 0.00942. The fraction of sp³-hybridized carbons (Fsp3) is 0.419. The zero-order chi connectivity index (χ0) is 51.3. The summed E-state index contributed by atoms with van der Waals surface area (Å²) in [6.07, 6.45) is 5.82. The van der Waals surface area contributed by atoms with Gasteiger partial charge in [0.05, 0.1) is 20.9 Å². The van der Waals surface area contributed by atoms with E-state index in [1.165, 1.54) is 70.3 Å². The normalized spacial score (nSPS) is 13.5. The second kappa shape index (κ2) is 20.0. The van der Waals surface area contributed by atoms with Gasteiger partial charge in [-0.3, -0.25) is 9.59 Å². The van der Waals surface area contributed by atoms with Crippen LogP contribution < -0.4 is 0 Å². The summed E-state index contributed by atoms with van der Waals surface area (Å²) >= 11 is 14.8. The number of ketones is 2. The number of fused-ring (bicyclic) bond motifs is 4. The summed E-state index contributed by atoms with van der Waals surface area (Å²) in [7, 11) is 0. The lowest BCUT2D eigenvalue weighted by Gasteiger charge is -2.20. The fourth-order valence-corrected chi connectivity index (χ4v) is 20.9. The highest BCUT2D eigenvalue weighted by Crippen LogP contribution is 2.57. The highest BCUT2D eigenvalue weighted by molar-refractivity contribution is 7.31. The van der Waals surface area contributed by atoms with E-state index in [2.05, 4.69) is 158 Å². The fourth-order valence-electron chi connectivity index (χ4n) is 10.0. The summed E-state index contributed by atoms with van der Waals surface area (Å²) in [6, 6.07) is 23.5. The summed E-state index contributed by atoms with van der Waals surface area (Å²) in [5, 5.41) is 2.70. The molecule has 0 unspecified atom stereocenters. The van der Waals surface area contributed by atoms with E-state index < -0.39 is 0 Å². The topological polar surface area (TPSA) is 34.1 Å². The van der Waals surface area contributed by atoms with Crippen molar-refractivity contribution in [3.05, 3.63) is 112 Å². The van der Waals surface area contributed by atoms with E-state index >= 15 is 9.59 Å². The Morgan fingerprint density at radius 3 is 1.35 bits per heavy atom. The van der Waals surface area contributed by atoms with Crippen molar-refractivity contribution in [2.45, 2.75) is 146 Å². The van der Waals surface area contributed by atoms with Gasteiger partial charge < -0.3 is 0 Å². The van der Waals surface area contributed by atoms with Crippen molar-refractivity contribution in [2.75, 3.05) is 0 Å². The molecule has 0 saturated carbocycles. The van der Waals surface area contributed by atoms with E-state index in [4.69, 9.17) is 0 Å². The van der Waals surface area contributed by atoms with Gasteiger partial charge in [0.25, 0.3) is 0 Å². The van der Waals surface area contributed by atoms with Crippen molar-refractivity contribution in [1.29, 1.82) is 0 Å². The number of hydrogen-bond donors (Lipinski definition) is 0. The number of benzene rings is 1. The lowest BCUT2D eigenvalue weighted by atomic mass is 9.82. The molecule has 1 aliphatic carbocycles. The van der Waals surface area contributed by atoms with Crippen LogP contribution in [0.3, 0.4) is 0 Å².